The summed E-state index contributed by atoms with van der Waals surface area (Å²) in [4.78, 5) is 9.60. The third-order valence-corrected chi connectivity index (χ3v) is 1.88. The van der Waals surface area contributed by atoms with Crippen molar-refractivity contribution in [3.63, 3.8) is 0 Å². The van der Waals surface area contributed by atoms with Gasteiger partial charge in [-0.05, 0) is 6.92 Å². The van der Waals surface area contributed by atoms with E-state index in [4.69, 9.17) is 5.11 Å². The summed E-state index contributed by atoms with van der Waals surface area (Å²) in [6, 6.07) is 0. The molecule has 3 N–H and O–H groups in total. The molecule has 0 rings (SSSR count). The number of nitrogens with two attached hydrogens (primary N) is 1. The number of hydrogen-bond acceptors (Lipinski definition) is 4. The first kappa shape index (κ1) is 16.6. The van der Waals surface area contributed by atoms with Gasteiger partial charge >= 0.3 is 61.2 Å². The standard InChI is InChI=1S/C5H11NO2P.C3H7NO2/c1-6(2,3-4-7)5-9-8;1-2-6-3(4)5/h7H,3-4H2,1-2H3;2H2,1H3,(H2,4,5)/q+1;. The van der Waals surface area contributed by atoms with E-state index in [1.165, 1.54) is 0 Å². The fourth-order valence-electron chi connectivity index (χ4n) is 0.553. The quantitative estimate of drug-likeness (QED) is 0.548. The summed E-state index contributed by atoms with van der Waals surface area (Å²) in [5.41, 5.74) is 4.54. The molecular formula is C8H18N2O4P+. The molecule has 0 aliphatic rings. The number of primary amides is 1. The van der Waals surface area contributed by atoms with E-state index in [1.54, 1.807) is 6.92 Å². The van der Waals surface area contributed by atoms with Crippen LogP contribution in [0.2, 0.25) is 0 Å². The molecule has 0 saturated carbocycles. The molecule has 0 aromatic carbocycles. The molecule has 1 amide bonds. The molecule has 0 aromatic rings. The molecule has 0 aliphatic heterocycles. The summed E-state index contributed by atoms with van der Waals surface area (Å²) < 4.78 is 14.5. The molecule has 0 bridgehead atoms. The van der Waals surface area contributed by atoms with Crippen LogP contribution in [0.5, 0.6) is 0 Å². The Labute approximate surface area is 90.7 Å². The summed E-state index contributed by atoms with van der Waals surface area (Å²) in [7, 11) is 3.54. The number of hydrogen-bond donors (Lipinski definition) is 2. The van der Waals surface area contributed by atoms with Crippen molar-refractivity contribution in [2.24, 2.45) is 5.73 Å². The number of aliphatic hydroxyl groups is 1. The van der Waals surface area contributed by atoms with Crippen LogP contribution in [0, 0.1) is 5.75 Å². The zero-order chi connectivity index (χ0) is 12.3. The van der Waals surface area contributed by atoms with Crippen molar-refractivity contribution in [2.45, 2.75) is 6.92 Å². The third-order valence-electron chi connectivity index (χ3n) is 1.26. The summed E-state index contributed by atoms with van der Waals surface area (Å²) in [6.07, 6.45) is -0.711. The van der Waals surface area contributed by atoms with Gasteiger partial charge in [0.2, 0.25) is 0 Å². The summed E-state index contributed by atoms with van der Waals surface area (Å²) >= 11 is 0. The van der Waals surface area contributed by atoms with Gasteiger partial charge in [0.1, 0.15) is 0 Å². The van der Waals surface area contributed by atoms with E-state index < -0.39 is 6.09 Å². The van der Waals surface area contributed by atoms with Gasteiger partial charge in [-0.3, -0.25) is 0 Å². The minimum absolute atomic E-state index is 0.0928. The average molecular weight is 237 g/mol. The first-order valence-corrected chi connectivity index (χ1v) is 5.16. The van der Waals surface area contributed by atoms with Gasteiger partial charge in [-0.25, -0.2) is 4.79 Å². The van der Waals surface area contributed by atoms with Crippen LogP contribution >= 0.6 is 7.92 Å². The fraction of sp³-hybridized carbons (Fsp3) is 0.750. The molecule has 0 atom stereocenters. The molecule has 6 nitrogen and oxygen atoms in total. The second-order valence-electron chi connectivity index (χ2n) is 3.08. The summed E-state index contributed by atoms with van der Waals surface area (Å²) in [5.74, 6) is 2.62. The number of aliphatic hydroxyl groups excluding tert-OH is 1. The van der Waals surface area contributed by atoms with Crippen molar-refractivity contribution in [1.29, 1.82) is 0 Å². The van der Waals surface area contributed by atoms with Gasteiger partial charge in [-0.2, -0.15) is 0 Å². The Hall–Kier alpha value is -0.800. The zero-order valence-corrected chi connectivity index (χ0v) is 10.2. The van der Waals surface area contributed by atoms with Crippen molar-refractivity contribution in [1.82, 2.24) is 0 Å². The van der Waals surface area contributed by atoms with Crippen LogP contribution in [0.4, 0.5) is 4.79 Å². The first-order chi connectivity index (χ1) is 6.89. The van der Waals surface area contributed by atoms with Crippen molar-refractivity contribution in [3.8, 4) is 5.75 Å². The molecule has 0 fully saturated rings. The second kappa shape index (κ2) is 9.74. The molecule has 0 aliphatic carbocycles. The Morgan fingerprint density at radius 2 is 2.13 bits per heavy atom. The molecular weight excluding hydrogens is 219 g/mol. The molecule has 15 heavy (non-hydrogen) atoms. The number of nitrogens with zero attached hydrogens (tertiary/aromatic N) is 1. The third kappa shape index (κ3) is 15.9. The Morgan fingerprint density at radius 3 is 2.33 bits per heavy atom. The maximum atomic E-state index is 9.98. The van der Waals surface area contributed by atoms with E-state index in [9.17, 15) is 9.36 Å². The van der Waals surface area contributed by atoms with E-state index in [-0.39, 0.29) is 14.5 Å². The van der Waals surface area contributed by atoms with E-state index in [0.717, 1.165) is 0 Å². The molecule has 88 valence electrons. The molecule has 0 heterocycles. The molecule has 0 saturated heterocycles. The second-order valence-corrected chi connectivity index (χ2v) is 3.46. The van der Waals surface area contributed by atoms with Crippen LogP contribution in [0.25, 0.3) is 0 Å². The van der Waals surface area contributed by atoms with Gasteiger partial charge in [0.05, 0.1) is 6.61 Å². The van der Waals surface area contributed by atoms with Crippen LogP contribution in [-0.2, 0) is 9.30 Å². The molecule has 0 radical (unpaired) electrons. The Bertz CT molecular complexity index is 273. The van der Waals surface area contributed by atoms with Crippen LogP contribution in [0.1, 0.15) is 6.92 Å². The van der Waals surface area contributed by atoms with Crippen LogP contribution < -0.4 is 5.73 Å². The van der Waals surface area contributed by atoms with Crippen molar-refractivity contribution < 1.29 is 23.7 Å². The fourth-order valence-corrected chi connectivity index (χ4v) is 0.874. The van der Waals surface area contributed by atoms with Crippen molar-refractivity contribution >= 4 is 14.0 Å². The number of amides is 1. The summed E-state index contributed by atoms with van der Waals surface area (Å²) in [6.45, 7) is 2.70. The summed E-state index contributed by atoms with van der Waals surface area (Å²) in [5, 5.41) is 8.47. The van der Waals surface area contributed by atoms with Gasteiger partial charge in [0.25, 0.3) is 0 Å². The van der Waals surface area contributed by atoms with Gasteiger partial charge in [0, 0.05) is 0 Å². The van der Waals surface area contributed by atoms with E-state index in [2.05, 4.69) is 16.2 Å². The molecule has 0 aromatic heterocycles. The van der Waals surface area contributed by atoms with Crippen molar-refractivity contribution in [2.75, 3.05) is 33.9 Å². The number of quaternary nitrogens is 1. The number of carbonyl (C=O) groups is 1. The van der Waals surface area contributed by atoms with Gasteiger partial charge in [-0.1, -0.05) is 0 Å². The minimum atomic E-state index is -0.711. The number of ether oxygens (including phenoxy) is 1. The van der Waals surface area contributed by atoms with E-state index >= 15 is 0 Å². The van der Waals surface area contributed by atoms with Crippen LogP contribution in [0.3, 0.4) is 0 Å². The van der Waals surface area contributed by atoms with E-state index in [0.29, 0.717) is 17.6 Å². The maximum absolute atomic E-state index is 9.98. The van der Waals surface area contributed by atoms with Gasteiger partial charge < -0.3 is 10.5 Å². The van der Waals surface area contributed by atoms with Gasteiger partial charge in [0.15, 0.2) is 0 Å². The Balaban J connectivity index is 0. The number of rotatable bonds is 3. The SMILES string of the molecule is CCOC(N)=O.C[N+](C)(C#P=O)CCO. The monoisotopic (exact) mass is 237 g/mol. The Kier molecular flexibility index (Phi) is 10.8. The predicted molar refractivity (Wildman–Crippen MR) is 56.8 cm³/mol. The normalized spacial score (nSPS) is 9.33. The molecule has 0 unspecified atom stereocenters. The van der Waals surface area contributed by atoms with Crippen LogP contribution in [-0.4, -0.2) is 49.5 Å². The van der Waals surface area contributed by atoms with Crippen LogP contribution in [0.15, 0.2) is 0 Å². The first-order valence-electron chi connectivity index (χ1n) is 4.35. The molecule has 0 spiro atoms. The number of likely N-dealkylation sites (N-methyl/N-ethyl adjacent to an activating group) is 1. The molecule has 7 heteroatoms. The van der Waals surface area contributed by atoms with Crippen molar-refractivity contribution in [3.05, 3.63) is 0 Å². The topological polar surface area (TPSA) is 89.6 Å². The number of carbonyl (C=O) groups excluding carboxylic acids is 1. The zero-order valence-electron chi connectivity index (χ0n) is 9.27. The Morgan fingerprint density at radius 1 is 1.60 bits per heavy atom. The van der Waals surface area contributed by atoms with Gasteiger partial charge in [-0.15, -0.1) is 0 Å². The average Bonchev–Trinajstić information content (AvgIpc) is 2.03. The predicted octanol–water partition coefficient (Wildman–Crippen LogP) is 0.365. The van der Waals surface area contributed by atoms with E-state index in [1.807, 2.05) is 14.1 Å².